The number of fused-ring (bicyclic) bond motifs is 1. The number of nitrogens with zero attached hydrogens (tertiary/aromatic N) is 2. The maximum Gasteiger partial charge on any atom is 0.136 e. The van der Waals surface area contributed by atoms with Crippen molar-refractivity contribution >= 4 is 17.6 Å². The summed E-state index contributed by atoms with van der Waals surface area (Å²) < 4.78 is 5.43. The SMILES string of the molecule is CCNc1nc(C2CCOC2)nc2c1CSC2. The number of anilines is 1. The van der Waals surface area contributed by atoms with Crippen molar-refractivity contribution < 1.29 is 4.74 Å². The fraction of sp³-hybridized carbons (Fsp3) is 0.667. The zero-order chi connectivity index (χ0) is 11.7. The van der Waals surface area contributed by atoms with Gasteiger partial charge in [0.25, 0.3) is 0 Å². The van der Waals surface area contributed by atoms with Crippen LogP contribution in [0.15, 0.2) is 0 Å². The normalized spacial score (nSPS) is 22.8. The van der Waals surface area contributed by atoms with Crippen molar-refractivity contribution in [3.05, 3.63) is 17.1 Å². The molecule has 1 saturated heterocycles. The lowest BCUT2D eigenvalue weighted by Gasteiger charge is -2.13. The topological polar surface area (TPSA) is 47.0 Å². The average Bonchev–Trinajstić information content (AvgIpc) is 3.00. The summed E-state index contributed by atoms with van der Waals surface area (Å²) in [7, 11) is 0. The van der Waals surface area contributed by atoms with E-state index in [-0.39, 0.29) is 0 Å². The second kappa shape index (κ2) is 4.82. The molecule has 4 nitrogen and oxygen atoms in total. The van der Waals surface area contributed by atoms with E-state index in [9.17, 15) is 0 Å². The zero-order valence-electron chi connectivity index (χ0n) is 10.0. The second-order valence-corrected chi connectivity index (χ2v) is 5.42. The Kier molecular flexibility index (Phi) is 3.20. The van der Waals surface area contributed by atoms with Gasteiger partial charge in [0.2, 0.25) is 0 Å². The maximum atomic E-state index is 5.43. The first-order valence-electron chi connectivity index (χ1n) is 6.17. The first-order valence-corrected chi connectivity index (χ1v) is 7.33. The van der Waals surface area contributed by atoms with E-state index < -0.39 is 0 Å². The van der Waals surface area contributed by atoms with Crippen LogP contribution in [0, 0.1) is 0 Å². The minimum absolute atomic E-state index is 0.392. The molecule has 3 rings (SSSR count). The molecule has 1 N–H and O–H groups in total. The molecule has 2 aliphatic heterocycles. The predicted molar refractivity (Wildman–Crippen MR) is 69.4 cm³/mol. The van der Waals surface area contributed by atoms with Crippen LogP contribution in [0.25, 0.3) is 0 Å². The van der Waals surface area contributed by atoms with Gasteiger partial charge in [-0.15, -0.1) is 0 Å². The van der Waals surface area contributed by atoms with E-state index in [0.29, 0.717) is 5.92 Å². The predicted octanol–water partition coefficient (Wildman–Crippen LogP) is 2.16. The highest BCUT2D eigenvalue weighted by Gasteiger charge is 2.25. The summed E-state index contributed by atoms with van der Waals surface area (Å²) in [5, 5.41) is 3.37. The summed E-state index contributed by atoms with van der Waals surface area (Å²) in [6.45, 7) is 4.64. The Bertz CT molecular complexity index is 418. The van der Waals surface area contributed by atoms with Crippen LogP contribution < -0.4 is 5.32 Å². The molecule has 0 bridgehead atoms. The highest BCUT2D eigenvalue weighted by atomic mass is 32.2. The lowest BCUT2D eigenvalue weighted by atomic mass is 10.1. The van der Waals surface area contributed by atoms with Gasteiger partial charge in [-0.3, -0.25) is 0 Å². The van der Waals surface area contributed by atoms with Gasteiger partial charge in [0.1, 0.15) is 11.6 Å². The lowest BCUT2D eigenvalue weighted by Crippen LogP contribution is -2.11. The third-order valence-electron chi connectivity index (χ3n) is 3.23. The molecule has 0 saturated carbocycles. The molecule has 1 aromatic rings. The highest BCUT2D eigenvalue weighted by molar-refractivity contribution is 7.98. The minimum Gasteiger partial charge on any atom is -0.381 e. The van der Waals surface area contributed by atoms with Crippen molar-refractivity contribution in [1.82, 2.24) is 9.97 Å². The van der Waals surface area contributed by atoms with Crippen LogP contribution >= 0.6 is 11.8 Å². The van der Waals surface area contributed by atoms with E-state index in [4.69, 9.17) is 14.7 Å². The van der Waals surface area contributed by atoms with Gasteiger partial charge in [-0.1, -0.05) is 0 Å². The largest absolute Gasteiger partial charge is 0.381 e. The molecule has 17 heavy (non-hydrogen) atoms. The highest BCUT2D eigenvalue weighted by Crippen LogP contribution is 2.34. The van der Waals surface area contributed by atoms with Gasteiger partial charge in [0.05, 0.1) is 12.3 Å². The van der Waals surface area contributed by atoms with E-state index in [1.54, 1.807) is 0 Å². The Hall–Kier alpha value is -0.810. The van der Waals surface area contributed by atoms with Gasteiger partial charge in [-0.05, 0) is 13.3 Å². The summed E-state index contributed by atoms with van der Waals surface area (Å²) in [4.78, 5) is 9.43. The zero-order valence-corrected chi connectivity index (χ0v) is 10.8. The van der Waals surface area contributed by atoms with Crippen molar-refractivity contribution in [2.24, 2.45) is 0 Å². The molecule has 0 aromatic carbocycles. The number of rotatable bonds is 3. The Morgan fingerprint density at radius 2 is 2.35 bits per heavy atom. The average molecular weight is 251 g/mol. The number of hydrogen-bond donors (Lipinski definition) is 1. The van der Waals surface area contributed by atoms with Crippen molar-refractivity contribution in [1.29, 1.82) is 0 Å². The molecule has 1 atom stereocenters. The smallest absolute Gasteiger partial charge is 0.136 e. The first-order chi connectivity index (χ1) is 8.38. The standard InChI is InChI=1S/C12H17N3OS/c1-2-13-12-9-6-17-7-10(9)14-11(15-12)8-3-4-16-5-8/h8H,2-7H2,1H3,(H,13,14,15). The summed E-state index contributed by atoms with van der Waals surface area (Å²) >= 11 is 1.92. The third kappa shape index (κ3) is 2.13. The monoisotopic (exact) mass is 251 g/mol. The van der Waals surface area contributed by atoms with Crippen LogP contribution in [0.4, 0.5) is 5.82 Å². The van der Waals surface area contributed by atoms with Crippen LogP contribution in [0.3, 0.4) is 0 Å². The number of hydrogen-bond acceptors (Lipinski definition) is 5. The Morgan fingerprint density at radius 3 is 3.12 bits per heavy atom. The van der Waals surface area contributed by atoms with Gasteiger partial charge in [-0.2, -0.15) is 11.8 Å². The Morgan fingerprint density at radius 1 is 1.41 bits per heavy atom. The van der Waals surface area contributed by atoms with E-state index >= 15 is 0 Å². The van der Waals surface area contributed by atoms with Crippen molar-refractivity contribution in [2.75, 3.05) is 25.1 Å². The first kappa shape index (κ1) is 11.3. The van der Waals surface area contributed by atoms with Crippen molar-refractivity contribution in [2.45, 2.75) is 30.8 Å². The molecule has 1 fully saturated rings. The molecular formula is C12H17N3OS. The molecule has 3 heterocycles. The maximum absolute atomic E-state index is 5.43. The van der Waals surface area contributed by atoms with Gasteiger partial charge >= 0.3 is 0 Å². The van der Waals surface area contributed by atoms with Crippen molar-refractivity contribution in [3.63, 3.8) is 0 Å². The molecule has 2 aliphatic rings. The van der Waals surface area contributed by atoms with E-state index in [0.717, 1.165) is 49.3 Å². The number of ether oxygens (including phenoxy) is 1. The molecule has 0 radical (unpaired) electrons. The summed E-state index contributed by atoms with van der Waals surface area (Å²) in [5.74, 6) is 4.48. The summed E-state index contributed by atoms with van der Waals surface area (Å²) in [6, 6.07) is 0. The fourth-order valence-corrected chi connectivity index (χ4v) is 3.35. The van der Waals surface area contributed by atoms with E-state index in [1.807, 2.05) is 11.8 Å². The molecule has 5 heteroatoms. The quantitative estimate of drug-likeness (QED) is 0.892. The van der Waals surface area contributed by atoms with Crippen LogP contribution in [0.2, 0.25) is 0 Å². The summed E-state index contributed by atoms with van der Waals surface area (Å²) in [5.41, 5.74) is 2.53. The van der Waals surface area contributed by atoms with Crippen LogP contribution in [0.1, 0.15) is 36.3 Å². The van der Waals surface area contributed by atoms with Gasteiger partial charge in [0.15, 0.2) is 0 Å². The molecule has 1 unspecified atom stereocenters. The van der Waals surface area contributed by atoms with Gasteiger partial charge in [-0.25, -0.2) is 9.97 Å². The summed E-state index contributed by atoms with van der Waals surface area (Å²) in [6.07, 6.45) is 1.05. The molecule has 0 spiro atoms. The van der Waals surface area contributed by atoms with Crippen LogP contribution in [-0.2, 0) is 16.2 Å². The van der Waals surface area contributed by atoms with Gasteiger partial charge in [0, 0.05) is 36.1 Å². The number of thioether (sulfide) groups is 1. The van der Waals surface area contributed by atoms with Gasteiger partial charge < -0.3 is 10.1 Å². The van der Waals surface area contributed by atoms with Crippen molar-refractivity contribution in [3.8, 4) is 0 Å². The third-order valence-corrected chi connectivity index (χ3v) is 4.20. The molecule has 1 aromatic heterocycles. The number of nitrogens with one attached hydrogen (secondary N) is 1. The lowest BCUT2D eigenvalue weighted by molar-refractivity contribution is 0.193. The Labute approximate surface area is 106 Å². The molecule has 92 valence electrons. The molecule has 0 aliphatic carbocycles. The van der Waals surface area contributed by atoms with E-state index in [1.165, 1.54) is 11.3 Å². The number of aromatic nitrogens is 2. The second-order valence-electron chi connectivity index (χ2n) is 4.44. The minimum atomic E-state index is 0.392. The molecular weight excluding hydrogens is 234 g/mol. The van der Waals surface area contributed by atoms with E-state index in [2.05, 4.69) is 12.2 Å². The van der Waals surface area contributed by atoms with Crippen LogP contribution in [-0.4, -0.2) is 29.7 Å². The molecule has 0 amide bonds. The van der Waals surface area contributed by atoms with Crippen LogP contribution in [0.5, 0.6) is 0 Å². The Balaban J connectivity index is 1.96. The fourth-order valence-electron chi connectivity index (χ4n) is 2.30.